The highest BCUT2D eigenvalue weighted by Gasteiger charge is 2.24. The van der Waals surface area contributed by atoms with Gasteiger partial charge in [0.25, 0.3) is 0 Å². The Morgan fingerprint density at radius 3 is 1.58 bits per heavy atom. The highest BCUT2D eigenvalue weighted by atomic mass is 79.9. The molecule has 148 valence electrons. The molecule has 1 heterocycles. The second kappa shape index (κ2) is 6.12. The molecule has 0 amide bonds. The van der Waals surface area contributed by atoms with Crippen molar-refractivity contribution in [2.75, 3.05) is 7.11 Å². The molecular weight excluding hydrogens is 514 g/mol. The molecule has 1 aromatic heterocycles. The maximum Gasteiger partial charge on any atom is 0.119 e. The van der Waals surface area contributed by atoms with Gasteiger partial charge in [-0.3, -0.25) is 0 Å². The van der Waals surface area contributed by atoms with Crippen molar-refractivity contribution in [3.63, 3.8) is 0 Å². The van der Waals surface area contributed by atoms with E-state index in [0.29, 0.717) is 0 Å². The van der Waals surface area contributed by atoms with E-state index in [1.54, 1.807) is 7.11 Å². The van der Waals surface area contributed by atoms with Gasteiger partial charge in [0.1, 0.15) is 5.75 Å². The van der Waals surface area contributed by atoms with E-state index in [-0.39, 0.29) is 0 Å². The van der Waals surface area contributed by atoms with Crippen LogP contribution in [0.1, 0.15) is 0 Å². The molecule has 0 aliphatic rings. The second-order valence-electron chi connectivity index (χ2n) is 7.99. The van der Waals surface area contributed by atoms with Crippen LogP contribution < -0.4 is 4.74 Å². The lowest BCUT2D eigenvalue weighted by Crippen LogP contribution is -1.94. The van der Waals surface area contributed by atoms with Gasteiger partial charge in [0.2, 0.25) is 0 Å². The molecule has 0 saturated heterocycles. The molecule has 0 N–H and O–H groups in total. The lowest BCUT2D eigenvalue weighted by Gasteiger charge is -2.14. The zero-order chi connectivity index (χ0) is 20.9. The van der Waals surface area contributed by atoms with Crippen LogP contribution in [0.4, 0.5) is 0 Å². The number of ether oxygens (including phenoxy) is 1. The van der Waals surface area contributed by atoms with E-state index in [1.807, 2.05) is 12.1 Å². The van der Waals surface area contributed by atoms with E-state index in [0.717, 1.165) is 20.4 Å². The quantitative estimate of drug-likeness (QED) is 0.162. The highest BCUT2D eigenvalue weighted by Crippen LogP contribution is 2.50. The van der Waals surface area contributed by atoms with E-state index < -0.39 is 0 Å². The third-order valence-electron chi connectivity index (χ3n) is 6.54. The number of aromatic nitrogens is 1. The molecular formula is C27H15Br2NO. The summed E-state index contributed by atoms with van der Waals surface area (Å²) in [6.07, 6.45) is 0. The highest BCUT2D eigenvalue weighted by molar-refractivity contribution is 9.11. The number of hydrogen-bond acceptors (Lipinski definition) is 1. The van der Waals surface area contributed by atoms with Crippen molar-refractivity contribution in [1.82, 2.24) is 4.57 Å². The molecule has 7 aromatic rings. The first kappa shape index (κ1) is 17.8. The van der Waals surface area contributed by atoms with Gasteiger partial charge in [-0.05, 0) is 57.9 Å². The summed E-state index contributed by atoms with van der Waals surface area (Å²) in [6.45, 7) is 0. The number of fused-ring (bicyclic) bond motifs is 1. The fourth-order valence-corrected chi connectivity index (χ4v) is 6.38. The summed E-state index contributed by atoms with van der Waals surface area (Å²) < 4.78 is 10.00. The predicted octanol–water partition coefficient (Wildman–Crippen LogP) is 8.65. The minimum absolute atomic E-state index is 0.858. The predicted molar refractivity (Wildman–Crippen MR) is 138 cm³/mol. The molecule has 0 aliphatic carbocycles. The average Bonchev–Trinajstić information content (AvgIpc) is 3.13. The van der Waals surface area contributed by atoms with E-state index in [9.17, 15) is 0 Å². The first-order chi connectivity index (χ1) is 15.2. The molecule has 0 spiro atoms. The Balaban J connectivity index is 1.83. The largest absolute Gasteiger partial charge is 0.497 e. The van der Waals surface area contributed by atoms with E-state index >= 15 is 0 Å². The SMILES string of the molecule is COc1ccc(-n2c3cc(Br)c4cccc5c6cccc7c(Br)cc2c(c76)c3c45)cc1. The van der Waals surface area contributed by atoms with Crippen molar-refractivity contribution in [3.05, 3.63) is 81.7 Å². The Morgan fingerprint density at radius 2 is 1.10 bits per heavy atom. The Bertz CT molecular complexity index is 1670. The van der Waals surface area contributed by atoms with Crippen molar-refractivity contribution < 1.29 is 4.74 Å². The lowest BCUT2D eigenvalue weighted by molar-refractivity contribution is 0.415. The molecule has 0 aliphatic heterocycles. The molecule has 0 saturated carbocycles. The molecule has 0 unspecified atom stereocenters. The van der Waals surface area contributed by atoms with Crippen molar-refractivity contribution in [2.45, 2.75) is 0 Å². The van der Waals surface area contributed by atoms with Gasteiger partial charge in [0.05, 0.1) is 18.1 Å². The number of methoxy groups -OCH3 is 1. The fraction of sp³-hybridized carbons (Fsp3) is 0.0370. The fourth-order valence-electron chi connectivity index (χ4n) is 5.28. The van der Waals surface area contributed by atoms with Crippen LogP contribution in [0, 0.1) is 0 Å². The molecule has 2 nitrogen and oxygen atoms in total. The van der Waals surface area contributed by atoms with Gasteiger partial charge in [-0.1, -0.05) is 68.3 Å². The Kier molecular flexibility index (Phi) is 3.52. The zero-order valence-corrected chi connectivity index (χ0v) is 19.7. The molecule has 0 radical (unpaired) electrons. The molecule has 0 bridgehead atoms. The van der Waals surface area contributed by atoms with Crippen LogP contribution in [0.25, 0.3) is 59.8 Å². The molecule has 7 rings (SSSR count). The van der Waals surface area contributed by atoms with Crippen molar-refractivity contribution in [1.29, 1.82) is 0 Å². The van der Waals surface area contributed by atoms with Crippen LogP contribution in [0.15, 0.2) is 81.7 Å². The Morgan fingerprint density at radius 1 is 0.613 bits per heavy atom. The average molecular weight is 529 g/mol. The third kappa shape index (κ3) is 2.17. The normalized spacial score (nSPS) is 12.4. The summed E-state index contributed by atoms with van der Waals surface area (Å²) in [6, 6.07) is 26.1. The maximum absolute atomic E-state index is 5.40. The first-order valence-corrected chi connectivity index (χ1v) is 11.7. The van der Waals surface area contributed by atoms with Gasteiger partial charge in [0, 0.05) is 36.2 Å². The standard InChI is InChI=1S/C27H15Br2NO/c1-31-15-10-8-14(9-11-15)30-22-12-20(28)18-6-2-4-16-17-5-3-7-19-21(29)13-23(30)27(25(17)19)26(22)24(16)18/h2-13H,1H3. The summed E-state index contributed by atoms with van der Waals surface area (Å²) in [5.41, 5.74) is 3.54. The van der Waals surface area contributed by atoms with E-state index in [1.165, 1.54) is 54.1 Å². The van der Waals surface area contributed by atoms with E-state index in [2.05, 4.69) is 97.1 Å². The van der Waals surface area contributed by atoms with Crippen molar-refractivity contribution in [2.24, 2.45) is 0 Å². The van der Waals surface area contributed by atoms with Crippen LogP contribution in [0.5, 0.6) is 5.75 Å². The van der Waals surface area contributed by atoms with Crippen LogP contribution in [-0.4, -0.2) is 11.7 Å². The summed E-state index contributed by atoms with van der Waals surface area (Å²) in [4.78, 5) is 0. The van der Waals surface area contributed by atoms with Gasteiger partial charge in [-0.15, -0.1) is 0 Å². The number of hydrogen-bond donors (Lipinski definition) is 0. The third-order valence-corrected chi connectivity index (χ3v) is 7.85. The minimum Gasteiger partial charge on any atom is -0.497 e. The molecule has 0 atom stereocenters. The van der Waals surface area contributed by atoms with Crippen LogP contribution in [0.3, 0.4) is 0 Å². The summed E-state index contributed by atoms with van der Waals surface area (Å²) in [7, 11) is 1.70. The summed E-state index contributed by atoms with van der Waals surface area (Å²) in [5.74, 6) is 0.858. The Hall–Kier alpha value is -2.82. The van der Waals surface area contributed by atoms with Gasteiger partial charge < -0.3 is 9.30 Å². The molecule has 4 heteroatoms. The Labute approximate surface area is 194 Å². The zero-order valence-electron chi connectivity index (χ0n) is 16.5. The van der Waals surface area contributed by atoms with Gasteiger partial charge >= 0.3 is 0 Å². The number of benzene rings is 6. The van der Waals surface area contributed by atoms with E-state index in [4.69, 9.17) is 4.74 Å². The van der Waals surface area contributed by atoms with Crippen LogP contribution in [-0.2, 0) is 0 Å². The minimum atomic E-state index is 0.858. The van der Waals surface area contributed by atoms with Crippen LogP contribution in [0.2, 0.25) is 0 Å². The topological polar surface area (TPSA) is 14.2 Å². The molecule has 0 fully saturated rings. The second-order valence-corrected chi connectivity index (χ2v) is 9.70. The molecule has 31 heavy (non-hydrogen) atoms. The maximum atomic E-state index is 5.40. The monoisotopic (exact) mass is 527 g/mol. The van der Waals surface area contributed by atoms with Crippen molar-refractivity contribution in [3.8, 4) is 11.4 Å². The van der Waals surface area contributed by atoms with Gasteiger partial charge in [0.15, 0.2) is 0 Å². The number of rotatable bonds is 2. The summed E-state index contributed by atoms with van der Waals surface area (Å²) >= 11 is 7.74. The first-order valence-electron chi connectivity index (χ1n) is 10.1. The lowest BCUT2D eigenvalue weighted by atomic mass is 9.90. The van der Waals surface area contributed by atoms with Gasteiger partial charge in [-0.25, -0.2) is 0 Å². The van der Waals surface area contributed by atoms with Crippen molar-refractivity contribution >= 4 is 86.0 Å². The van der Waals surface area contributed by atoms with Crippen LogP contribution >= 0.6 is 31.9 Å². The smallest absolute Gasteiger partial charge is 0.119 e. The molecule has 6 aromatic carbocycles. The number of nitrogens with zero attached hydrogens (tertiary/aromatic N) is 1. The summed E-state index contributed by atoms with van der Waals surface area (Å²) in [5, 5.41) is 10.4. The number of halogens is 2. The van der Waals surface area contributed by atoms with Gasteiger partial charge in [-0.2, -0.15) is 0 Å².